The highest BCUT2D eigenvalue weighted by atomic mass is 16.3. The molecule has 0 saturated heterocycles. The predicted molar refractivity (Wildman–Crippen MR) is 88.7 cm³/mol. The van der Waals surface area contributed by atoms with Gasteiger partial charge in [-0.2, -0.15) is 5.10 Å². The summed E-state index contributed by atoms with van der Waals surface area (Å²) in [5.74, 6) is 0.0923. The molecule has 6 heteroatoms. The minimum Gasteiger partial charge on any atom is -0.372 e. The largest absolute Gasteiger partial charge is 0.372 e. The molecule has 24 heavy (non-hydrogen) atoms. The maximum absolute atomic E-state index is 12.9. The van der Waals surface area contributed by atoms with Crippen LogP contribution in [0.25, 0.3) is 0 Å². The first-order valence-corrected chi connectivity index (χ1v) is 7.57. The van der Waals surface area contributed by atoms with Gasteiger partial charge < -0.3 is 10.4 Å². The smallest absolute Gasteiger partial charge is 0.261 e. The highest BCUT2D eigenvalue weighted by Crippen LogP contribution is 2.29. The van der Waals surface area contributed by atoms with Gasteiger partial charge in [-0.05, 0) is 11.1 Å². The molecule has 3 aromatic rings. The van der Waals surface area contributed by atoms with Crippen LogP contribution >= 0.6 is 0 Å². The summed E-state index contributed by atoms with van der Waals surface area (Å²) in [7, 11) is 1.75. The highest BCUT2D eigenvalue weighted by molar-refractivity contribution is 5.90. The van der Waals surface area contributed by atoms with E-state index in [9.17, 15) is 9.90 Å². The molecule has 3 rings (SSSR count). The number of rotatable bonds is 5. The molecule has 1 heterocycles. The van der Waals surface area contributed by atoms with Crippen LogP contribution in [0.15, 0.2) is 67.0 Å². The van der Waals surface area contributed by atoms with Gasteiger partial charge in [0.05, 0.1) is 6.54 Å². The molecule has 0 aliphatic rings. The summed E-state index contributed by atoms with van der Waals surface area (Å²) in [5, 5.41) is 18.0. The summed E-state index contributed by atoms with van der Waals surface area (Å²) in [4.78, 5) is 16.9. The Hall–Kier alpha value is -2.99. The van der Waals surface area contributed by atoms with E-state index in [0.29, 0.717) is 17.0 Å². The number of carbonyl (C=O) groups excluding carboxylic acids is 1. The van der Waals surface area contributed by atoms with Gasteiger partial charge in [-0.25, -0.2) is 4.98 Å². The van der Waals surface area contributed by atoms with Gasteiger partial charge in [0.25, 0.3) is 5.91 Å². The van der Waals surface area contributed by atoms with Crippen LogP contribution in [0, 0.1) is 0 Å². The van der Waals surface area contributed by atoms with Crippen LogP contribution in [0.3, 0.4) is 0 Å². The Kier molecular flexibility index (Phi) is 4.39. The van der Waals surface area contributed by atoms with Gasteiger partial charge in [0, 0.05) is 7.05 Å². The van der Waals surface area contributed by atoms with Crippen molar-refractivity contribution in [3.8, 4) is 0 Å². The van der Waals surface area contributed by atoms with Crippen LogP contribution in [0.2, 0.25) is 0 Å². The van der Waals surface area contributed by atoms with E-state index in [0.717, 1.165) is 0 Å². The Morgan fingerprint density at radius 3 is 2.08 bits per heavy atom. The van der Waals surface area contributed by atoms with Crippen LogP contribution in [-0.4, -0.2) is 25.8 Å². The number of aryl methyl sites for hydroxylation is 1. The first kappa shape index (κ1) is 15.9. The second-order valence-electron chi connectivity index (χ2n) is 5.43. The normalized spacial score (nSPS) is 11.2. The standard InChI is InChI=1S/C18H18N4O2/c1-22-16(20-13-21-22)12-19-17(23)18(24,14-8-4-2-5-9-14)15-10-6-3-7-11-15/h2-11,13,24H,12H2,1H3,(H,19,23). The minimum absolute atomic E-state index is 0.178. The van der Waals surface area contributed by atoms with E-state index in [1.165, 1.54) is 6.33 Å². The van der Waals surface area contributed by atoms with E-state index in [1.54, 1.807) is 60.3 Å². The average molecular weight is 322 g/mol. The van der Waals surface area contributed by atoms with Gasteiger partial charge >= 0.3 is 0 Å². The number of aliphatic hydroxyl groups is 1. The Morgan fingerprint density at radius 1 is 1.08 bits per heavy atom. The molecule has 1 aromatic heterocycles. The zero-order valence-corrected chi connectivity index (χ0v) is 13.3. The molecule has 0 spiro atoms. The van der Waals surface area contributed by atoms with Gasteiger partial charge in [0.2, 0.25) is 0 Å². The third-order valence-electron chi connectivity index (χ3n) is 3.92. The third kappa shape index (κ3) is 2.91. The SMILES string of the molecule is Cn1ncnc1CNC(=O)C(O)(c1ccccc1)c1ccccc1. The molecular weight excluding hydrogens is 304 g/mol. The topological polar surface area (TPSA) is 80.0 Å². The number of hydrogen-bond donors (Lipinski definition) is 2. The van der Waals surface area contributed by atoms with Crippen molar-refractivity contribution < 1.29 is 9.90 Å². The van der Waals surface area contributed by atoms with E-state index in [1.807, 2.05) is 12.1 Å². The molecule has 122 valence electrons. The van der Waals surface area contributed by atoms with Crippen molar-refractivity contribution in [2.75, 3.05) is 0 Å². The fourth-order valence-corrected chi connectivity index (χ4v) is 2.55. The lowest BCUT2D eigenvalue weighted by Crippen LogP contribution is -2.45. The van der Waals surface area contributed by atoms with Crippen LogP contribution in [0.4, 0.5) is 0 Å². The van der Waals surface area contributed by atoms with E-state index < -0.39 is 11.5 Å². The van der Waals surface area contributed by atoms with Crippen molar-refractivity contribution in [1.29, 1.82) is 0 Å². The van der Waals surface area contributed by atoms with Crippen molar-refractivity contribution in [3.63, 3.8) is 0 Å². The van der Waals surface area contributed by atoms with Gasteiger partial charge in [-0.1, -0.05) is 60.7 Å². The van der Waals surface area contributed by atoms with Crippen molar-refractivity contribution in [3.05, 3.63) is 83.9 Å². The molecular formula is C18H18N4O2. The fourth-order valence-electron chi connectivity index (χ4n) is 2.55. The first-order valence-electron chi connectivity index (χ1n) is 7.57. The second-order valence-corrected chi connectivity index (χ2v) is 5.43. The summed E-state index contributed by atoms with van der Waals surface area (Å²) >= 11 is 0. The lowest BCUT2D eigenvalue weighted by atomic mass is 9.85. The Balaban J connectivity index is 1.93. The molecule has 0 aliphatic heterocycles. The van der Waals surface area contributed by atoms with Gasteiger partial charge in [-0.3, -0.25) is 9.48 Å². The third-order valence-corrected chi connectivity index (χ3v) is 3.92. The monoisotopic (exact) mass is 322 g/mol. The Morgan fingerprint density at radius 2 is 1.62 bits per heavy atom. The lowest BCUT2D eigenvalue weighted by molar-refractivity contribution is -0.136. The van der Waals surface area contributed by atoms with Crippen molar-refractivity contribution >= 4 is 5.91 Å². The van der Waals surface area contributed by atoms with Gasteiger partial charge in [0.15, 0.2) is 5.60 Å². The molecule has 6 nitrogen and oxygen atoms in total. The summed E-state index contributed by atoms with van der Waals surface area (Å²) < 4.78 is 1.57. The summed E-state index contributed by atoms with van der Waals surface area (Å²) in [5.41, 5.74) is -0.764. The summed E-state index contributed by atoms with van der Waals surface area (Å²) in [6, 6.07) is 17.8. The quantitative estimate of drug-likeness (QED) is 0.743. The van der Waals surface area contributed by atoms with Crippen LogP contribution < -0.4 is 5.32 Å². The van der Waals surface area contributed by atoms with E-state index in [4.69, 9.17) is 0 Å². The number of benzene rings is 2. The van der Waals surface area contributed by atoms with Crippen LogP contribution in [-0.2, 0) is 24.0 Å². The predicted octanol–water partition coefficient (Wildman–Crippen LogP) is 1.37. The van der Waals surface area contributed by atoms with Crippen molar-refractivity contribution in [2.24, 2.45) is 7.05 Å². The number of nitrogens with zero attached hydrogens (tertiary/aromatic N) is 3. The molecule has 0 unspecified atom stereocenters. The van der Waals surface area contributed by atoms with E-state index >= 15 is 0 Å². The molecule has 0 saturated carbocycles. The lowest BCUT2D eigenvalue weighted by Gasteiger charge is -2.28. The zero-order valence-electron chi connectivity index (χ0n) is 13.3. The summed E-state index contributed by atoms with van der Waals surface area (Å²) in [6.45, 7) is 0.178. The van der Waals surface area contributed by atoms with Crippen LogP contribution in [0.1, 0.15) is 17.0 Å². The Bertz CT molecular complexity index is 776. The van der Waals surface area contributed by atoms with Gasteiger partial charge in [-0.15, -0.1) is 0 Å². The average Bonchev–Trinajstić information content (AvgIpc) is 3.05. The number of nitrogens with one attached hydrogen (secondary N) is 1. The van der Waals surface area contributed by atoms with Gasteiger partial charge in [0.1, 0.15) is 12.2 Å². The highest BCUT2D eigenvalue weighted by Gasteiger charge is 2.39. The molecule has 0 fully saturated rings. The fraction of sp³-hybridized carbons (Fsp3) is 0.167. The molecule has 2 aromatic carbocycles. The molecule has 0 bridgehead atoms. The van der Waals surface area contributed by atoms with Crippen LogP contribution in [0.5, 0.6) is 0 Å². The summed E-state index contributed by atoms with van der Waals surface area (Å²) in [6.07, 6.45) is 1.42. The Labute approximate surface area is 139 Å². The number of hydrogen-bond acceptors (Lipinski definition) is 4. The first-order chi connectivity index (χ1) is 11.6. The number of amides is 1. The second kappa shape index (κ2) is 6.64. The van der Waals surface area contributed by atoms with E-state index in [2.05, 4.69) is 15.4 Å². The zero-order chi connectivity index (χ0) is 17.0. The molecule has 1 amide bonds. The van der Waals surface area contributed by atoms with Crippen molar-refractivity contribution in [2.45, 2.75) is 12.1 Å². The number of aromatic nitrogens is 3. The molecule has 0 atom stereocenters. The molecule has 2 N–H and O–H groups in total. The molecule has 0 aliphatic carbocycles. The van der Waals surface area contributed by atoms with Crippen molar-refractivity contribution in [1.82, 2.24) is 20.1 Å². The number of carbonyl (C=O) groups is 1. The molecule has 0 radical (unpaired) electrons. The maximum atomic E-state index is 12.9. The maximum Gasteiger partial charge on any atom is 0.261 e. The van der Waals surface area contributed by atoms with E-state index in [-0.39, 0.29) is 6.54 Å². The minimum atomic E-state index is -1.78.